The van der Waals surface area contributed by atoms with Crippen molar-refractivity contribution in [3.8, 4) is 0 Å². The van der Waals surface area contributed by atoms with Gasteiger partial charge in [0.05, 0.1) is 11.0 Å². The lowest BCUT2D eigenvalue weighted by atomic mass is 10.2. The number of carbonyl (C=O) groups is 2. The Morgan fingerprint density at radius 1 is 1.43 bits per heavy atom. The van der Waals surface area contributed by atoms with Gasteiger partial charge in [-0.15, -0.1) is 0 Å². The van der Waals surface area contributed by atoms with Gasteiger partial charge < -0.3 is 15.0 Å². The Bertz CT molecular complexity index is 511. The number of methoxy groups -OCH3 is 1. The summed E-state index contributed by atoms with van der Waals surface area (Å²) in [6.45, 7) is 0.971. The first-order valence-corrected chi connectivity index (χ1v) is 7.21. The van der Waals surface area contributed by atoms with Gasteiger partial charge in [0.2, 0.25) is 5.91 Å². The summed E-state index contributed by atoms with van der Waals surface area (Å²) >= 11 is 3.02. The second-order valence-corrected chi connectivity index (χ2v) is 5.34. The van der Waals surface area contributed by atoms with E-state index in [2.05, 4.69) is 21.2 Å². The fourth-order valence-corrected chi connectivity index (χ4v) is 1.88. The monoisotopic (exact) mass is 360 g/mol. The SMILES string of the molecule is COCCCNC(=O)CN(C)C(=O)c1ccc(Br)c(F)c1. The molecule has 7 heteroatoms. The van der Waals surface area contributed by atoms with Gasteiger partial charge in [-0.2, -0.15) is 0 Å². The average Bonchev–Trinajstić information content (AvgIpc) is 2.45. The fraction of sp³-hybridized carbons (Fsp3) is 0.429. The second kappa shape index (κ2) is 8.74. The van der Waals surface area contributed by atoms with E-state index in [9.17, 15) is 14.0 Å². The standard InChI is InChI=1S/C14H18BrFN2O3/c1-18(9-13(19)17-6-3-7-21-2)14(20)10-4-5-11(15)12(16)8-10/h4-5,8H,3,6-7,9H2,1-2H3,(H,17,19). The number of amides is 2. The summed E-state index contributed by atoms with van der Waals surface area (Å²) in [5.41, 5.74) is 0.199. The van der Waals surface area contributed by atoms with Gasteiger partial charge in [-0.25, -0.2) is 4.39 Å². The Hall–Kier alpha value is -1.47. The fourth-order valence-electron chi connectivity index (χ4n) is 1.64. The number of nitrogens with zero attached hydrogens (tertiary/aromatic N) is 1. The predicted molar refractivity (Wildman–Crippen MR) is 80.6 cm³/mol. The first kappa shape index (κ1) is 17.6. The molecule has 0 spiro atoms. The molecule has 116 valence electrons. The maximum Gasteiger partial charge on any atom is 0.254 e. The molecule has 0 saturated heterocycles. The number of nitrogens with one attached hydrogen (secondary N) is 1. The van der Waals surface area contributed by atoms with Crippen LogP contribution in [0.3, 0.4) is 0 Å². The smallest absolute Gasteiger partial charge is 0.254 e. The Morgan fingerprint density at radius 3 is 2.76 bits per heavy atom. The van der Waals surface area contributed by atoms with Crippen LogP contribution in [0.25, 0.3) is 0 Å². The van der Waals surface area contributed by atoms with Crippen molar-refractivity contribution in [2.45, 2.75) is 6.42 Å². The van der Waals surface area contributed by atoms with Crippen molar-refractivity contribution in [3.63, 3.8) is 0 Å². The number of halogens is 2. The van der Waals surface area contributed by atoms with Crippen LogP contribution in [0.4, 0.5) is 4.39 Å². The molecule has 0 unspecified atom stereocenters. The van der Waals surface area contributed by atoms with Crippen molar-refractivity contribution in [1.29, 1.82) is 0 Å². The third kappa shape index (κ3) is 5.81. The highest BCUT2D eigenvalue weighted by Gasteiger charge is 2.16. The molecule has 0 atom stereocenters. The van der Waals surface area contributed by atoms with Crippen LogP contribution in [0.5, 0.6) is 0 Å². The van der Waals surface area contributed by atoms with E-state index in [1.807, 2.05) is 0 Å². The lowest BCUT2D eigenvalue weighted by Crippen LogP contribution is -2.38. The molecular weight excluding hydrogens is 343 g/mol. The molecule has 21 heavy (non-hydrogen) atoms. The Labute approximate surface area is 131 Å². The lowest BCUT2D eigenvalue weighted by Gasteiger charge is -2.17. The second-order valence-electron chi connectivity index (χ2n) is 4.49. The molecule has 2 amide bonds. The summed E-state index contributed by atoms with van der Waals surface area (Å²) < 4.78 is 18.6. The van der Waals surface area contributed by atoms with E-state index in [1.54, 1.807) is 7.11 Å². The molecule has 0 bridgehead atoms. The number of rotatable bonds is 7. The molecule has 0 radical (unpaired) electrons. The summed E-state index contributed by atoms with van der Waals surface area (Å²) in [5.74, 6) is -1.19. The number of hydrogen-bond acceptors (Lipinski definition) is 3. The van der Waals surface area contributed by atoms with Gasteiger partial charge in [0, 0.05) is 32.9 Å². The summed E-state index contributed by atoms with van der Waals surface area (Å²) in [6.07, 6.45) is 0.706. The minimum Gasteiger partial charge on any atom is -0.385 e. The molecule has 0 fully saturated rings. The predicted octanol–water partition coefficient (Wildman–Crippen LogP) is 1.81. The van der Waals surface area contributed by atoms with Crippen molar-refractivity contribution in [3.05, 3.63) is 34.1 Å². The van der Waals surface area contributed by atoms with E-state index in [-0.39, 0.29) is 22.5 Å². The van der Waals surface area contributed by atoms with Crippen molar-refractivity contribution in [2.24, 2.45) is 0 Å². The molecule has 0 aliphatic rings. The summed E-state index contributed by atoms with van der Waals surface area (Å²) in [5, 5.41) is 2.68. The molecule has 0 saturated carbocycles. The van der Waals surface area contributed by atoms with Gasteiger partial charge in [-0.1, -0.05) is 0 Å². The average molecular weight is 361 g/mol. The molecule has 1 aromatic rings. The third-order valence-corrected chi connectivity index (χ3v) is 3.38. The van der Waals surface area contributed by atoms with E-state index in [0.717, 1.165) is 6.07 Å². The summed E-state index contributed by atoms with van der Waals surface area (Å²) in [6, 6.07) is 4.10. The minimum atomic E-state index is -0.515. The van der Waals surface area contributed by atoms with Crippen LogP contribution >= 0.6 is 15.9 Å². The first-order valence-electron chi connectivity index (χ1n) is 6.42. The number of hydrogen-bond donors (Lipinski definition) is 1. The van der Waals surface area contributed by atoms with Gasteiger partial charge in [-0.05, 0) is 40.5 Å². The van der Waals surface area contributed by atoms with Crippen LogP contribution in [-0.4, -0.2) is 50.6 Å². The van der Waals surface area contributed by atoms with E-state index in [4.69, 9.17) is 4.74 Å². The molecule has 0 aliphatic carbocycles. The normalized spacial score (nSPS) is 10.3. The summed E-state index contributed by atoms with van der Waals surface area (Å²) in [4.78, 5) is 25.0. The maximum atomic E-state index is 13.4. The molecule has 0 heterocycles. The van der Waals surface area contributed by atoms with E-state index >= 15 is 0 Å². The zero-order valence-corrected chi connectivity index (χ0v) is 13.6. The quantitative estimate of drug-likeness (QED) is 0.754. The number of ether oxygens (including phenoxy) is 1. The Kier molecular flexibility index (Phi) is 7.31. The molecule has 1 rings (SSSR count). The zero-order chi connectivity index (χ0) is 15.8. The highest BCUT2D eigenvalue weighted by Crippen LogP contribution is 2.17. The van der Waals surface area contributed by atoms with Crippen molar-refractivity contribution in [2.75, 3.05) is 33.9 Å². The van der Waals surface area contributed by atoms with Gasteiger partial charge in [0.1, 0.15) is 5.82 Å². The van der Waals surface area contributed by atoms with E-state index < -0.39 is 11.7 Å². The van der Waals surface area contributed by atoms with Crippen molar-refractivity contribution >= 4 is 27.7 Å². The number of benzene rings is 1. The van der Waals surface area contributed by atoms with E-state index in [1.165, 1.54) is 24.1 Å². The largest absolute Gasteiger partial charge is 0.385 e. The maximum absolute atomic E-state index is 13.4. The molecule has 0 aliphatic heterocycles. The third-order valence-electron chi connectivity index (χ3n) is 2.74. The molecular formula is C14H18BrFN2O3. The van der Waals surface area contributed by atoms with Crippen molar-refractivity contribution in [1.82, 2.24) is 10.2 Å². The van der Waals surface area contributed by atoms with Crippen LogP contribution in [0.1, 0.15) is 16.8 Å². The molecule has 0 aromatic heterocycles. The molecule has 5 nitrogen and oxygen atoms in total. The Balaban J connectivity index is 2.50. The van der Waals surface area contributed by atoms with Crippen LogP contribution < -0.4 is 5.32 Å². The van der Waals surface area contributed by atoms with E-state index in [0.29, 0.717) is 19.6 Å². The lowest BCUT2D eigenvalue weighted by molar-refractivity contribution is -0.121. The van der Waals surface area contributed by atoms with Gasteiger partial charge >= 0.3 is 0 Å². The van der Waals surface area contributed by atoms with Crippen LogP contribution in [0.2, 0.25) is 0 Å². The van der Waals surface area contributed by atoms with Crippen LogP contribution in [0, 0.1) is 5.82 Å². The highest BCUT2D eigenvalue weighted by atomic mass is 79.9. The van der Waals surface area contributed by atoms with Crippen LogP contribution in [-0.2, 0) is 9.53 Å². The first-order chi connectivity index (χ1) is 9.95. The topological polar surface area (TPSA) is 58.6 Å². The number of likely N-dealkylation sites (N-methyl/N-ethyl adjacent to an activating group) is 1. The molecule has 1 N–H and O–H groups in total. The Morgan fingerprint density at radius 2 is 2.14 bits per heavy atom. The summed E-state index contributed by atoms with van der Waals surface area (Å²) in [7, 11) is 3.09. The van der Waals surface area contributed by atoms with Gasteiger partial charge in [0.15, 0.2) is 0 Å². The zero-order valence-electron chi connectivity index (χ0n) is 12.0. The van der Waals surface area contributed by atoms with Crippen molar-refractivity contribution < 1.29 is 18.7 Å². The number of carbonyl (C=O) groups excluding carboxylic acids is 2. The van der Waals surface area contributed by atoms with Gasteiger partial charge in [0.25, 0.3) is 5.91 Å². The van der Waals surface area contributed by atoms with Gasteiger partial charge in [-0.3, -0.25) is 9.59 Å². The minimum absolute atomic E-state index is 0.0799. The molecule has 1 aromatic carbocycles. The van der Waals surface area contributed by atoms with Crippen LogP contribution in [0.15, 0.2) is 22.7 Å². The highest BCUT2D eigenvalue weighted by molar-refractivity contribution is 9.10.